The molecule has 1 amide bonds. The minimum atomic E-state index is -0.103. The smallest absolute Gasteiger partial charge is 0.256 e. The van der Waals surface area contributed by atoms with E-state index in [0.717, 1.165) is 24.3 Å². The molecule has 5 nitrogen and oxygen atoms in total. The van der Waals surface area contributed by atoms with E-state index in [1.54, 1.807) is 6.20 Å². The third-order valence-electron chi connectivity index (χ3n) is 4.61. The first-order chi connectivity index (χ1) is 11.8. The minimum absolute atomic E-state index is 0.103. The third kappa shape index (κ3) is 2.85. The zero-order valence-electron chi connectivity index (χ0n) is 13.4. The molecule has 1 fully saturated rings. The van der Waals surface area contributed by atoms with Crippen LogP contribution in [0, 0.1) is 0 Å². The standard InChI is InChI=1S/C19H20N4O/c24-19(15-7-9-16(10-8-15)22-13-3-4-14-22)21-18-11-12-20-23(18)17-5-1-2-6-17/h3-4,7-14,17H,1-2,5-6H2,(H,21,24). The van der Waals surface area contributed by atoms with Gasteiger partial charge in [0, 0.05) is 29.7 Å². The van der Waals surface area contributed by atoms with Crippen LogP contribution < -0.4 is 5.32 Å². The number of rotatable bonds is 4. The Morgan fingerprint density at radius 2 is 1.75 bits per heavy atom. The number of amides is 1. The molecule has 0 unspecified atom stereocenters. The van der Waals surface area contributed by atoms with E-state index in [1.165, 1.54) is 12.8 Å². The first-order valence-electron chi connectivity index (χ1n) is 8.39. The summed E-state index contributed by atoms with van der Waals surface area (Å²) < 4.78 is 3.97. The van der Waals surface area contributed by atoms with Gasteiger partial charge in [0.2, 0.25) is 0 Å². The van der Waals surface area contributed by atoms with E-state index in [2.05, 4.69) is 10.4 Å². The fourth-order valence-corrected chi connectivity index (χ4v) is 3.33. The largest absolute Gasteiger partial charge is 0.324 e. The van der Waals surface area contributed by atoms with Crippen molar-refractivity contribution in [3.05, 3.63) is 66.6 Å². The molecule has 0 aliphatic heterocycles. The Balaban J connectivity index is 1.49. The molecular weight excluding hydrogens is 300 g/mol. The Labute approximate surface area is 140 Å². The first kappa shape index (κ1) is 14.8. The quantitative estimate of drug-likeness (QED) is 0.788. The number of aromatic nitrogens is 3. The molecule has 0 atom stereocenters. The van der Waals surface area contributed by atoms with Crippen LogP contribution in [0.5, 0.6) is 0 Å². The van der Waals surface area contributed by atoms with Crippen LogP contribution in [-0.2, 0) is 0 Å². The van der Waals surface area contributed by atoms with Gasteiger partial charge >= 0.3 is 0 Å². The van der Waals surface area contributed by atoms with E-state index in [4.69, 9.17) is 0 Å². The highest BCUT2D eigenvalue weighted by Gasteiger charge is 2.20. The van der Waals surface area contributed by atoms with Crippen LogP contribution in [0.1, 0.15) is 42.1 Å². The van der Waals surface area contributed by atoms with Crippen LogP contribution in [0.15, 0.2) is 61.1 Å². The summed E-state index contributed by atoms with van der Waals surface area (Å²) in [7, 11) is 0. The topological polar surface area (TPSA) is 51.9 Å². The Kier molecular flexibility index (Phi) is 3.91. The Bertz CT molecular complexity index is 811. The molecule has 1 aliphatic carbocycles. The molecule has 4 rings (SSSR count). The van der Waals surface area contributed by atoms with Crippen molar-refractivity contribution in [1.82, 2.24) is 14.3 Å². The van der Waals surface area contributed by atoms with Crippen LogP contribution in [0.4, 0.5) is 5.82 Å². The normalized spacial score (nSPS) is 14.8. The maximum Gasteiger partial charge on any atom is 0.256 e. The summed E-state index contributed by atoms with van der Waals surface area (Å²) in [5.41, 5.74) is 1.68. The number of nitrogens with one attached hydrogen (secondary N) is 1. The summed E-state index contributed by atoms with van der Waals surface area (Å²) in [6.07, 6.45) is 10.5. The molecule has 2 aromatic heterocycles. The van der Waals surface area contributed by atoms with Crippen molar-refractivity contribution in [3.63, 3.8) is 0 Å². The van der Waals surface area contributed by atoms with Crippen molar-refractivity contribution in [1.29, 1.82) is 0 Å². The van der Waals surface area contributed by atoms with Gasteiger partial charge < -0.3 is 9.88 Å². The van der Waals surface area contributed by atoms with Gasteiger partial charge in [-0.1, -0.05) is 12.8 Å². The second kappa shape index (κ2) is 6.35. The summed E-state index contributed by atoms with van der Waals surface area (Å²) >= 11 is 0. The fourth-order valence-electron chi connectivity index (χ4n) is 3.33. The molecule has 1 saturated carbocycles. The van der Waals surface area contributed by atoms with Crippen LogP contribution in [0.3, 0.4) is 0 Å². The summed E-state index contributed by atoms with van der Waals surface area (Å²) in [6, 6.07) is 13.8. The van der Waals surface area contributed by atoms with Gasteiger partial charge in [0.25, 0.3) is 5.91 Å². The average Bonchev–Trinajstić information content (AvgIpc) is 3.36. The number of carbonyl (C=O) groups is 1. The molecular formula is C19H20N4O. The lowest BCUT2D eigenvalue weighted by molar-refractivity contribution is 0.102. The van der Waals surface area contributed by atoms with E-state index >= 15 is 0 Å². The number of benzene rings is 1. The fraction of sp³-hybridized carbons (Fsp3) is 0.263. The number of hydrogen-bond donors (Lipinski definition) is 1. The van der Waals surface area contributed by atoms with Gasteiger partial charge in [0.15, 0.2) is 0 Å². The Morgan fingerprint density at radius 1 is 1.04 bits per heavy atom. The van der Waals surface area contributed by atoms with Gasteiger partial charge in [-0.2, -0.15) is 5.10 Å². The highest BCUT2D eigenvalue weighted by Crippen LogP contribution is 2.31. The van der Waals surface area contributed by atoms with Crippen LogP contribution in [0.2, 0.25) is 0 Å². The van der Waals surface area contributed by atoms with Crippen molar-refractivity contribution in [2.45, 2.75) is 31.7 Å². The van der Waals surface area contributed by atoms with E-state index in [0.29, 0.717) is 11.6 Å². The predicted octanol–water partition coefficient (Wildman–Crippen LogP) is 4.04. The van der Waals surface area contributed by atoms with E-state index in [-0.39, 0.29) is 5.91 Å². The second-order valence-electron chi connectivity index (χ2n) is 6.19. The lowest BCUT2D eigenvalue weighted by Gasteiger charge is -2.14. The molecule has 2 heterocycles. The predicted molar refractivity (Wildman–Crippen MR) is 93.5 cm³/mol. The van der Waals surface area contributed by atoms with Crippen molar-refractivity contribution in [3.8, 4) is 5.69 Å². The Morgan fingerprint density at radius 3 is 2.46 bits per heavy atom. The van der Waals surface area contributed by atoms with Gasteiger partial charge in [0.05, 0.1) is 12.2 Å². The van der Waals surface area contributed by atoms with Gasteiger partial charge in [-0.25, -0.2) is 4.68 Å². The maximum atomic E-state index is 12.5. The van der Waals surface area contributed by atoms with Gasteiger partial charge in [-0.15, -0.1) is 0 Å². The summed E-state index contributed by atoms with van der Waals surface area (Å²) in [5.74, 6) is 0.676. The molecule has 122 valence electrons. The molecule has 24 heavy (non-hydrogen) atoms. The minimum Gasteiger partial charge on any atom is -0.324 e. The number of hydrogen-bond acceptors (Lipinski definition) is 2. The molecule has 0 spiro atoms. The highest BCUT2D eigenvalue weighted by atomic mass is 16.1. The third-order valence-corrected chi connectivity index (χ3v) is 4.61. The monoisotopic (exact) mass is 320 g/mol. The van der Waals surface area contributed by atoms with Crippen molar-refractivity contribution < 1.29 is 4.79 Å². The molecule has 3 aromatic rings. The van der Waals surface area contributed by atoms with Crippen molar-refractivity contribution in [2.75, 3.05) is 5.32 Å². The zero-order chi connectivity index (χ0) is 16.4. The van der Waals surface area contributed by atoms with Gasteiger partial charge in [-0.05, 0) is 49.2 Å². The average molecular weight is 320 g/mol. The molecule has 0 bridgehead atoms. The van der Waals surface area contributed by atoms with E-state index < -0.39 is 0 Å². The lowest BCUT2D eigenvalue weighted by atomic mass is 10.2. The van der Waals surface area contributed by atoms with Gasteiger partial charge in [0.1, 0.15) is 5.82 Å². The SMILES string of the molecule is O=C(Nc1ccnn1C1CCCC1)c1ccc(-n2cccc2)cc1. The molecule has 1 N–H and O–H groups in total. The number of anilines is 1. The Hall–Kier alpha value is -2.82. The van der Waals surface area contributed by atoms with E-state index in [9.17, 15) is 4.79 Å². The number of nitrogens with zero attached hydrogens (tertiary/aromatic N) is 3. The maximum absolute atomic E-state index is 12.5. The molecule has 1 aliphatic rings. The van der Waals surface area contributed by atoms with Crippen molar-refractivity contribution >= 4 is 11.7 Å². The molecule has 0 radical (unpaired) electrons. The summed E-state index contributed by atoms with van der Waals surface area (Å²) in [6.45, 7) is 0. The van der Waals surface area contributed by atoms with Crippen molar-refractivity contribution in [2.24, 2.45) is 0 Å². The second-order valence-corrected chi connectivity index (χ2v) is 6.19. The van der Waals surface area contributed by atoms with Crippen LogP contribution in [-0.4, -0.2) is 20.3 Å². The van der Waals surface area contributed by atoms with Crippen LogP contribution in [0.25, 0.3) is 5.69 Å². The summed E-state index contributed by atoms with van der Waals surface area (Å²) in [4.78, 5) is 12.5. The molecule has 1 aromatic carbocycles. The number of carbonyl (C=O) groups excluding carboxylic acids is 1. The lowest BCUT2D eigenvalue weighted by Crippen LogP contribution is -2.17. The molecule has 5 heteroatoms. The summed E-state index contributed by atoms with van der Waals surface area (Å²) in [5, 5.41) is 7.38. The zero-order valence-corrected chi connectivity index (χ0v) is 13.4. The van der Waals surface area contributed by atoms with Gasteiger partial charge in [-0.3, -0.25) is 4.79 Å². The van der Waals surface area contributed by atoms with E-state index in [1.807, 2.05) is 64.1 Å². The first-order valence-corrected chi connectivity index (χ1v) is 8.39. The molecule has 0 saturated heterocycles. The highest BCUT2D eigenvalue weighted by molar-refractivity contribution is 6.03. The van der Waals surface area contributed by atoms with Crippen LogP contribution >= 0.6 is 0 Å².